The van der Waals surface area contributed by atoms with Crippen LogP contribution in [0.25, 0.3) is 0 Å². The minimum Gasteiger partial charge on any atom is -0.467 e. The van der Waals surface area contributed by atoms with Gasteiger partial charge in [0.15, 0.2) is 6.10 Å². The monoisotopic (exact) mass is 158 g/mol. The molecule has 64 valence electrons. The van der Waals surface area contributed by atoms with E-state index >= 15 is 0 Å². The zero-order chi connectivity index (χ0) is 8.48. The molecule has 0 aliphatic heterocycles. The second-order valence-corrected chi connectivity index (χ2v) is 3.55. The Morgan fingerprint density at radius 1 is 1.73 bits per heavy atom. The summed E-state index contributed by atoms with van der Waals surface area (Å²) in [5, 5.41) is 9.22. The molecule has 1 aliphatic rings. The van der Waals surface area contributed by atoms with Gasteiger partial charge in [0, 0.05) is 0 Å². The molecule has 1 rings (SSSR count). The van der Waals surface area contributed by atoms with Crippen molar-refractivity contribution in [3.8, 4) is 0 Å². The van der Waals surface area contributed by atoms with Crippen molar-refractivity contribution in [2.75, 3.05) is 7.11 Å². The third-order valence-electron chi connectivity index (χ3n) is 2.26. The van der Waals surface area contributed by atoms with Crippen LogP contribution in [0.4, 0.5) is 0 Å². The molecule has 0 bridgehead atoms. The number of methoxy groups -OCH3 is 1. The average molecular weight is 158 g/mol. The van der Waals surface area contributed by atoms with Crippen LogP contribution < -0.4 is 0 Å². The molecule has 1 unspecified atom stereocenters. The van der Waals surface area contributed by atoms with Gasteiger partial charge >= 0.3 is 5.97 Å². The van der Waals surface area contributed by atoms with Crippen molar-refractivity contribution in [1.82, 2.24) is 0 Å². The fraction of sp³-hybridized carbons (Fsp3) is 0.875. The summed E-state index contributed by atoms with van der Waals surface area (Å²) in [7, 11) is 1.29. The van der Waals surface area contributed by atoms with Crippen LogP contribution in [0.3, 0.4) is 0 Å². The van der Waals surface area contributed by atoms with E-state index in [1.807, 2.05) is 0 Å². The van der Waals surface area contributed by atoms with Gasteiger partial charge in [0.2, 0.25) is 0 Å². The number of carbonyl (C=O) groups excluding carboxylic acids is 1. The summed E-state index contributed by atoms with van der Waals surface area (Å²) < 4.78 is 4.40. The van der Waals surface area contributed by atoms with Crippen molar-refractivity contribution in [3.63, 3.8) is 0 Å². The van der Waals surface area contributed by atoms with Crippen molar-refractivity contribution in [2.45, 2.75) is 32.3 Å². The number of ether oxygens (including phenoxy) is 1. The van der Waals surface area contributed by atoms with Crippen molar-refractivity contribution in [1.29, 1.82) is 0 Å². The number of aliphatic hydroxyl groups is 1. The molecule has 0 aromatic rings. The van der Waals surface area contributed by atoms with Crippen LogP contribution in [-0.4, -0.2) is 24.3 Å². The summed E-state index contributed by atoms with van der Waals surface area (Å²) in [5.74, 6) is -0.516. The summed E-state index contributed by atoms with van der Waals surface area (Å²) in [5.41, 5.74) is 0.202. The van der Waals surface area contributed by atoms with Gasteiger partial charge in [0.1, 0.15) is 0 Å². The fourth-order valence-electron chi connectivity index (χ4n) is 1.10. The number of esters is 1. The Hall–Kier alpha value is -0.570. The zero-order valence-electron chi connectivity index (χ0n) is 6.96. The predicted octanol–water partition coefficient (Wildman–Crippen LogP) is 0.710. The van der Waals surface area contributed by atoms with Crippen molar-refractivity contribution in [2.24, 2.45) is 5.41 Å². The highest BCUT2D eigenvalue weighted by molar-refractivity contribution is 5.74. The maximum absolute atomic E-state index is 10.7. The molecule has 0 aromatic carbocycles. The maximum Gasteiger partial charge on any atom is 0.334 e. The zero-order valence-corrected chi connectivity index (χ0v) is 6.96. The molecule has 0 amide bonds. The summed E-state index contributed by atoms with van der Waals surface area (Å²) in [6.07, 6.45) is 1.84. The predicted molar refractivity (Wildman–Crippen MR) is 40.0 cm³/mol. The average Bonchev–Trinajstić information content (AvgIpc) is 2.66. The van der Waals surface area contributed by atoms with Crippen LogP contribution in [-0.2, 0) is 9.53 Å². The first-order chi connectivity index (χ1) is 5.07. The van der Waals surface area contributed by atoms with E-state index in [2.05, 4.69) is 11.7 Å². The Morgan fingerprint density at radius 2 is 2.27 bits per heavy atom. The largest absolute Gasteiger partial charge is 0.467 e. The van der Waals surface area contributed by atoms with Gasteiger partial charge in [-0.15, -0.1) is 0 Å². The van der Waals surface area contributed by atoms with E-state index in [4.69, 9.17) is 0 Å². The molecule has 0 spiro atoms. The number of hydrogen-bond donors (Lipinski definition) is 1. The molecule has 1 saturated carbocycles. The first-order valence-corrected chi connectivity index (χ1v) is 3.83. The molecule has 1 atom stereocenters. The lowest BCUT2D eigenvalue weighted by molar-refractivity contribution is -0.151. The Balaban J connectivity index is 2.31. The molecular formula is C8H14O3. The quantitative estimate of drug-likeness (QED) is 0.615. The van der Waals surface area contributed by atoms with Gasteiger partial charge < -0.3 is 9.84 Å². The van der Waals surface area contributed by atoms with Crippen LogP contribution in [0.2, 0.25) is 0 Å². The Bertz CT molecular complexity index is 161. The SMILES string of the molecule is COC(=O)C(O)CC1(C)CC1. The fourth-order valence-corrected chi connectivity index (χ4v) is 1.10. The second-order valence-electron chi connectivity index (χ2n) is 3.55. The van der Waals surface area contributed by atoms with E-state index in [0.717, 1.165) is 12.8 Å². The Morgan fingerprint density at radius 3 is 2.64 bits per heavy atom. The van der Waals surface area contributed by atoms with Crippen LogP contribution in [0.5, 0.6) is 0 Å². The number of aliphatic hydroxyl groups excluding tert-OH is 1. The van der Waals surface area contributed by atoms with Crippen molar-refractivity contribution < 1.29 is 14.6 Å². The van der Waals surface area contributed by atoms with E-state index in [1.54, 1.807) is 0 Å². The van der Waals surface area contributed by atoms with Gasteiger partial charge in [0.05, 0.1) is 7.11 Å². The highest BCUT2D eigenvalue weighted by Gasteiger charge is 2.40. The smallest absolute Gasteiger partial charge is 0.334 e. The molecule has 1 N–H and O–H groups in total. The van der Waals surface area contributed by atoms with E-state index in [1.165, 1.54) is 7.11 Å². The molecule has 1 aliphatic carbocycles. The van der Waals surface area contributed by atoms with Crippen LogP contribution in [0.1, 0.15) is 26.2 Å². The van der Waals surface area contributed by atoms with Gasteiger partial charge in [-0.2, -0.15) is 0 Å². The van der Waals surface area contributed by atoms with Crippen molar-refractivity contribution in [3.05, 3.63) is 0 Å². The van der Waals surface area contributed by atoms with Gasteiger partial charge in [-0.3, -0.25) is 0 Å². The third-order valence-corrected chi connectivity index (χ3v) is 2.26. The number of rotatable bonds is 3. The Labute approximate surface area is 66.4 Å². The lowest BCUT2D eigenvalue weighted by Gasteiger charge is -2.12. The standard InChI is InChI=1S/C8H14O3/c1-8(3-4-8)5-6(9)7(10)11-2/h6,9H,3-5H2,1-2H3. The molecule has 0 radical (unpaired) electrons. The number of carbonyl (C=O) groups is 1. The topological polar surface area (TPSA) is 46.5 Å². The molecular weight excluding hydrogens is 144 g/mol. The van der Waals surface area contributed by atoms with Crippen LogP contribution >= 0.6 is 0 Å². The van der Waals surface area contributed by atoms with E-state index < -0.39 is 12.1 Å². The molecule has 1 fully saturated rings. The first kappa shape index (κ1) is 8.53. The van der Waals surface area contributed by atoms with Gasteiger partial charge in [-0.05, 0) is 24.7 Å². The Kier molecular flexibility index (Phi) is 2.18. The van der Waals surface area contributed by atoms with Gasteiger partial charge in [-0.1, -0.05) is 6.92 Å². The summed E-state index contributed by atoms with van der Waals surface area (Å²) >= 11 is 0. The highest BCUT2D eigenvalue weighted by Crippen LogP contribution is 2.48. The molecule has 3 nitrogen and oxygen atoms in total. The maximum atomic E-state index is 10.7. The minimum absolute atomic E-state index is 0.202. The van der Waals surface area contributed by atoms with E-state index in [9.17, 15) is 9.90 Å². The second kappa shape index (κ2) is 2.81. The van der Waals surface area contributed by atoms with Gasteiger partial charge in [0.25, 0.3) is 0 Å². The molecule has 0 heterocycles. The van der Waals surface area contributed by atoms with Crippen molar-refractivity contribution >= 4 is 5.97 Å². The highest BCUT2D eigenvalue weighted by atomic mass is 16.5. The summed E-state index contributed by atoms with van der Waals surface area (Å²) in [4.78, 5) is 10.7. The first-order valence-electron chi connectivity index (χ1n) is 3.83. The molecule has 3 heteroatoms. The minimum atomic E-state index is -0.924. The van der Waals surface area contributed by atoms with E-state index in [-0.39, 0.29) is 5.41 Å². The summed E-state index contributed by atoms with van der Waals surface area (Å²) in [6.45, 7) is 2.07. The molecule has 0 saturated heterocycles. The number of hydrogen-bond acceptors (Lipinski definition) is 3. The summed E-state index contributed by atoms with van der Waals surface area (Å²) in [6, 6.07) is 0. The normalized spacial score (nSPS) is 22.5. The van der Waals surface area contributed by atoms with Crippen LogP contribution in [0, 0.1) is 5.41 Å². The lowest BCUT2D eigenvalue weighted by Crippen LogP contribution is -2.24. The van der Waals surface area contributed by atoms with E-state index in [0.29, 0.717) is 6.42 Å². The molecule has 11 heavy (non-hydrogen) atoms. The third kappa shape index (κ3) is 2.19. The molecule has 0 aromatic heterocycles. The van der Waals surface area contributed by atoms with Crippen LogP contribution in [0.15, 0.2) is 0 Å². The van der Waals surface area contributed by atoms with Gasteiger partial charge in [-0.25, -0.2) is 4.79 Å². The lowest BCUT2D eigenvalue weighted by atomic mass is 10.0.